The van der Waals surface area contributed by atoms with E-state index in [-0.39, 0.29) is 35.8 Å². The summed E-state index contributed by atoms with van der Waals surface area (Å²) in [6.45, 7) is 7.61. The van der Waals surface area contributed by atoms with Crippen molar-refractivity contribution in [2.45, 2.75) is 89.3 Å². The van der Waals surface area contributed by atoms with Crippen molar-refractivity contribution >= 4 is 27.7 Å². The number of carbonyl (C=O) groups excluding carboxylic acids is 1. The molecule has 8 nitrogen and oxygen atoms in total. The average molecular weight is 649 g/mol. The van der Waals surface area contributed by atoms with Crippen molar-refractivity contribution in [3.05, 3.63) is 58.5 Å². The lowest BCUT2D eigenvalue weighted by Crippen LogP contribution is -2.30. The molecule has 3 fully saturated rings. The predicted molar refractivity (Wildman–Crippen MR) is 186 cm³/mol. The molecule has 0 bridgehead atoms. The molecule has 250 valence electrons. The first-order valence-electron chi connectivity index (χ1n) is 17.9. The number of fused-ring (bicyclic) bond motifs is 4. The van der Waals surface area contributed by atoms with Crippen LogP contribution in [0.1, 0.15) is 92.3 Å². The second-order valence-corrected chi connectivity index (χ2v) is 14.5. The molecular weight excluding hydrogens is 603 g/mol. The Hall–Kier alpha value is -4.00. The largest absolute Gasteiger partial charge is 0.476 e. The molecule has 4 aliphatic rings. The number of hydrogen-bond acceptors (Lipinski definition) is 6. The molecule has 3 aliphatic heterocycles. The number of benzene rings is 2. The van der Waals surface area contributed by atoms with E-state index in [9.17, 15) is 10.1 Å². The smallest absolute Gasteiger partial charge is 0.223 e. The number of rotatable bonds is 6. The van der Waals surface area contributed by atoms with Gasteiger partial charge < -0.3 is 24.4 Å². The van der Waals surface area contributed by atoms with Gasteiger partial charge in [0, 0.05) is 48.7 Å². The van der Waals surface area contributed by atoms with Crippen LogP contribution < -0.4 is 10.1 Å². The Morgan fingerprint density at radius 1 is 1.12 bits per heavy atom. The molecule has 1 amide bonds. The van der Waals surface area contributed by atoms with Crippen LogP contribution in [-0.2, 0) is 11.2 Å². The number of aromatic nitrogens is 2. The number of amides is 1. The summed E-state index contributed by atoms with van der Waals surface area (Å²) in [6, 6.07) is 13.2. The van der Waals surface area contributed by atoms with Gasteiger partial charge in [0.05, 0.1) is 28.9 Å². The van der Waals surface area contributed by atoms with Gasteiger partial charge in [0.2, 0.25) is 11.8 Å². The maximum absolute atomic E-state index is 17.4. The Morgan fingerprint density at radius 2 is 1.98 bits per heavy atom. The fraction of sp³-hybridized carbons (Fsp3) is 0.513. The molecule has 0 radical (unpaired) electrons. The van der Waals surface area contributed by atoms with Crippen LogP contribution in [-0.4, -0.2) is 71.1 Å². The number of ether oxygens (including phenoxy) is 1. The van der Waals surface area contributed by atoms with Crippen LogP contribution >= 0.6 is 0 Å². The summed E-state index contributed by atoms with van der Waals surface area (Å²) in [5, 5.41) is 15.3. The quantitative estimate of drug-likeness (QED) is 0.244. The lowest BCUT2D eigenvalue weighted by molar-refractivity contribution is -0.129. The van der Waals surface area contributed by atoms with Crippen LogP contribution in [0.15, 0.2) is 30.3 Å². The number of nitriles is 1. The van der Waals surface area contributed by atoms with Crippen LogP contribution in [0.2, 0.25) is 0 Å². The van der Waals surface area contributed by atoms with Crippen molar-refractivity contribution in [3.8, 4) is 23.1 Å². The first-order chi connectivity index (χ1) is 23.4. The number of pyridine rings is 1. The van der Waals surface area contributed by atoms with E-state index in [1.807, 2.05) is 24.0 Å². The summed E-state index contributed by atoms with van der Waals surface area (Å²) in [5.74, 6) is -0.0938. The van der Waals surface area contributed by atoms with Crippen molar-refractivity contribution in [1.82, 2.24) is 24.7 Å². The maximum atomic E-state index is 17.4. The third-order valence-electron chi connectivity index (χ3n) is 11.6. The van der Waals surface area contributed by atoms with E-state index in [0.717, 1.165) is 122 Å². The van der Waals surface area contributed by atoms with Crippen LogP contribution in [0.3, 0.4) is 0 Å². The minimum absolute atomic E-state index is 0.0525. The predicted octanol–water partition coefficient (Wildman–Crippen LogP) is 6.94. The number of halogens is 1. The normalized spacial score (nSPS) is 24.4. The highest BCUT2D eigenvalue weighted by Gasteiger charge is 2.36. The van der Waals surface area contributed by atoms with Gasteiger partial charge in [-0.3, -0.25) is 4.79 Å². The molecule has 1 N–H and O–H groups in total. The summed E-state index contributed by atoms with van der Waals surface area (Å²) in [4.78, 5) is 22.2. The van der Waals surface area contributed by atoms with E-state index in [0.29, 0.717) is 23.6 Å². The zero-order valence-electron chi connectivity index (χ0n) is 28.3. The van der Waals surface area contributed by atoms with Crippen LogP contribution in [0.4, 0.5) is 4.39 Å². The molecule has 9 heteroatoms. The molecule has 0 spiro atoms. The third-order valence-corrected chi connectivity index (χ3v) is 11.6. The highest BCUT2D eigenvalue weighted by Crippen LogP contribution is 2.46. The second-order valence-electron chi connectivity index (χ2n) is 14.5. The summed E-state index contributed by atoms with van der Waals surface area (Å²) < 4.78 is 26.5. The minimum atomic E-state index is -0.365. The first kappa shape index (κ1) is 31.3. The third kappa shape index (κ3) is 5.07. The highest BCUT2D eigenvalue weighted by atomic mass is 19.1. The van der Waals surface area contributed by atoms with Crippen molar-refractivity contribution in [3.63, 3.8) is 0 Å². The van der Waals surface area contributed by atoms with E-state index >= 15 is 4.39 Å². The number of carbonyl (C=O) groups is 1. The standard InChI is InChI=1S/C39H45FN6O2/c1-23-18-30-37(36(40)34(23)29-12-5-9-25-8-4-10-26(20-41)35(25)29)43-39(48-22-28-11-6-16-44(28)3)31-19-33(32-13-7-17-45(32)24(2)47)46(38(30)31)27-14-15-42-21-27/h5,9,12,18-19,26-28,32,42H,4,6-8,10-11,13-17,21-22H2,1-3H3. The number of aryl methyl sites for hydroxylation is 2. The Balaban J connectivity index is 1.39. The van der Waals surface area contributed by atoms with Crippen LogP contribution in [0, 0.1) is 24.1 Å². The fourth-order valence-electron chi connectivity index (χ4n) is 9.20. The second kappa shape index (κ2) is 12.5. The monoisotopic (exact) mass is 648 g/mol. The van der Waals surface area contributed by atoms with Crippen LogP contribution in [0.5, 0.6) is 5.88 Å². The van der Waals surface area contributed by atoms with Gasteiger partial charge in [-0.1, -0.05) is 18.2 Å². The van der Waals surface area contributed by atoms with Crippen molar-refractivity contribution in [2.75, 3.05) is 39.8 Å². The number of likely N-dealkylation sites (N-methyl/N-ethyl adjacent to an activating group) is 1. The molecule has 0 saturated carbocycles. The van der Waals surface area contributed by atoms with E-state index in [1.54, 1.807) is 6.92 Å². The molecule has 1 aliphatic carbocycles. The molecule has 2 aromatic heterocycles. The van der Waals surface area contributed by atoms with E-state index < -0.39 is 0 Å². The summed E-state index contributed by atoms with van der Waals surface area (Å²) in [7, 11) is 2.13. The highest BCUT2D eigenvalue weighted by molar-refractivity contribution is 6.08. The molecule has 4 atom stereocenters. The van der Waals surface area contributed by atoms with Crippen molar-refractivity contribution in [2.24, 2.45) is 0 Å². The van der Waals surface area contributed by atoms with Crippen molar-refractivity contribution < 1.29 is 13.9 Å². The molecule has 4 aromatic rings. The SMILES string of the molecule is CC(=O)N1CCCC1c1cc2c(OCC3CCCN3C)nc3c(F)c(-c4cccc5c4C(C#N)CCC5)c(C)cc3c2n1C1CCNC1. The summed E-state index contributed by atoms with van der Waals surface area (Å²) in [5.41, 5.74) is 6.56. The van der Waals surface area contributed by atoms with Gasteiger partial charge in [0.1, 0.15) is 12.1 Å². The molecule has 8 rings (SSSR count). The van der Waals surface area contributed by atoms with Crippen LogP contribution in [0.25, 0.3) is 32.9 Å². The average Bonchev–Trinajstić information content (AvgIpc) is 3.90. The molecule has 2 aromatic carbocycles. The number of hydrogen-bond donors (Lipinski definition) is 1. The lowest BCUT2D eigenvalue weighted by Gasteiger charge is -2.27. The lowest BCUT2D eigenvalue weighted by atomic mass is 9.78. The molecule has 5 heterocycles. The van der Waals surface area contributed by atoms with Gasteiger partial charge in [0.25, 0.3) is 0 Å². The number of likely N-dealkylation sites (tertiary alicyclic amines) is 2. The molecule has 48 heavy (non-hydrogen) atoms. The van der Waals surface area contributed by atoms with Gasteiger partial charge in [-0.25, -0.2) is 9.37 Å². The Bertz CT molecular complexity index is 1960. The van der Waals surface area contributed by atoms with E-state index in [2.05, 4.69) is 46.1 Å². The Morgan fingerprint density at radius 3 is 2.73 bits per heavy atom. The van der Waals surface area contributed by atoms with Gasteiger partial charge in [-0.2, -0.15) is 5.26 Å². The summed E-state index contributed by atoms with van der Waals surface area (Å²) in [6.07, 6.45) is 7.61. The Kier molecular flexibility index (Phi) is 8.12. The van der Waals surface area contributed by atoms with Gasteiger partial charge in [-0.15, -0.1) is 0 Å². The number of nitrogens with zero attached hydrogens (tertiary/aromatic N) is 5. The molecule has 3 saturated heterocycles. The zero-order chi connectivity index (χ0) is 33.1. The Labute approximate surface area is 281 Å². The van der Waals surface area contributed by atoms with Gasteiger partial charge in [0.15, 0.2) is 5.82 Å². The topological polar surface area (TPSA) is 86.4 Å². The van der Waals surface area contributed by atoms with E-state index in [4.69, 9.17) is 9.72 Å². The fourth-order valence-corrected chi connectivity index (χ4v) is 9.20. The first-order valence-corrected chi connectivity index (χ1v) is 17.9. The van der Waals surface area contributed by atoms with Gasteiger partial charge >= 0.3 is 0 Å². The summed E-state index contributed by atoms with van der Waals surface area (Å²) >= 11 is 0. The number of nitrogens with one attached hydrogen (secondary N) is 1. The minimum Gasteiger partial charge on any atom is -0.476 e. The van der Waals surface area contributed by atoms with E-state index in [1.165, 1.54) is 0 Å². The zero-order valence-corrected chi connectivity index (χ0v) is 28.3. The van der Waals surface area contributed by atoms with Gasteiger partial charge in [-0.05, 0) is 113 Å². The maximum Gasteiger partial charge on any atom is 0.223 e. The van der Waals surface area contributed by atoms with Crippen molar-refractivity contribution in [1.29, 1.82) is 5.26 Å². The molecule has 4 unspecified atom stereocenters. The molecular formula is C39H45FN6O2.